The highest BCUT2D eigenvalue weighted by atomic mass is 79.9. The normalized spacial score (nSPS) is 21.9. The van der Waals surface area contributed by atoms with Gasteiger partial charge in [-0.1, -0.05) is 22.9 Å². The van der Waals surface area contributed by atoms with Crippen LogP contribution in [0.4, 0.5) is 5.69 Å². The Bertz CT molecular complexity index is 392. The molecule has 2 rings (SSSR count). The van der Waals surface area contributed by atoms with Crippen LogP contribution in [0.15, 0.2) is 22.7 Å². The number of nitrogens with zero attached hydrogens (tertiary/aromatic N) is 1. The van der Waals surface area contributed by atoms with Gasteiger partial charge in [-0.2, -0.15) is 0 Å². The number of hydrogen-bond acceptors (Lipinski definition) is 2. The Balaban J connectivity index is 2.38. The summed E-state index contributed by atoms with van der Waals surface area (Å²) in [6.45, 7) is 8.87. The fourth-order valence-electron chi connectivity index (χ4n) is 2.36. The number of hydrogen-bond donors (Lipinski definition) is 1. The van der Waals surface area contributed by atoms with Crippen LogP contribution in [0.3, 0.4) is 0 Å². The molecule has 1 N–H and O–H groups in total. The molecule has 0 spiro atoms. The molecule has 1 aliphatic heterocycles. The van der Waals surface area contributed by atoms with Crippen LogP contribution in [0.2, 0.25) is 0 Å². The van der Waals surface area contributed by atoms with E-state index in [0.29, 0.717) is 12.1 Å². The molecule has 0 bridgehead atoms. The second-order valence-corrected chi connectivity index (χ2v) is 5.88. The number of rotatable bonds is 2. The number of fused-ring (bicyclic) bond motifs is 1. The minimum absolute atomic E-state index is 0.537. The van der Waals surface area contributed by atoms with Gasteiger partial charge < -0.3 is 10.2 Å². The maximum Gasteiger partial charge on any atom is 0.0415 e. The van der Waals surface area contributed by atoms with Crippen molar-refractivity contribution in [2.75, 3.05) is 11.4 Å². The fourth-order valence-corrected chi connectivity index (χ4v) is 2.76. The molecule has 2 nitrogen and oxygen atoms in total. The molecule has 1 aromatic carbocycles. The SMILES string of the molecule is CCC(C)N1CC(C)NCc2cc(Br)ccc21. The van der Waals surface area contributed by atoms with Crippen molar-refractivity contribution >= 4 is 21.6 Å². The van der Waals surface area contributed by atoms with Crippen LogP contribution < -0.4 is 10.2 Å². The minimum atomic E-state index is 0.537. The predicted octanol–water partition coefficient (Wildman–Crippen LogP) is 3.55. The molecule has 0 saturated heterocycles. The smallest absolute Gasteiger partial charge is 0.0415 e. The van der Waals surface area contributed by atoms with Crippen molar-refractivity contribution < 1.29 is 0 Å². The van der Waals surface area contributed by atoms with Crippen molar-refractivity contribution in [3.8, 4) is 0 Å². The average molecular weight is 297 g/mol. The lowest BCUT2D eigenvalue weighted by Crippen LogP contribution is -2.40. The van der Waals surface area contributed by atoms with E-state index >= 15 is 0 Å². The lowest BCUT2D eigenvalue weighted by atomic mass is 10.1. The Morgan fingerprint density at radius 1 is 1.53 bits per heavy atom. The van der Waals surface area contributed by atoms with E-state index in [1.807, 2.05) is 0 Å². The molecular formula is C14H21BrN2. The van der Waals surface area contributed by atoms with Crippen LogP contribution >= 0.6 is 15.9 Å². The van der Waals surface area contributed by atoms with Crippen molar-refractivity contribution in [3.63, 3.8) is 0 Å². The summed E-state index contributed by atoms with van der Waals surface area (Å²) in [5.41, 5.74) is 2.78. The van der Waals surface area contributed by atoms with Gasteiger partial charge in [-0.15, -0.1) is 0 Å². The molecule has 17 heavy (non-hydrogen) atoms. The molecule has 1 heterocycles. The van der Waals surface area contributed by atoms with Gasteiger partial charge in [0.05, 0.1) is 0 Å². The van der Waals surface area contributed by atoms with E-state index in [2.05, 4.69) is 65.1 Å². The zero-order valence-electron chi connectivity index (χ0n) is 10.8. The highest BCUT2D eigenvalue weighted by Gasteiger charge is 2.22. The van der Waals surface area contributed by atoms with Gasteiger partial charge in [0.25, 0.3) is 0 Å². The van der Waals surface area contributed by atoms with Gasteiger partial charge in [-0.25, -0.2) is 0 Å². The molecule has 2 atom stereocenters. The Labute approximate surface area is 113 Å². The van der Waals surface area contributed by atoms with Crippen molar-refractivity contribution in [3.05, 3.63) is 28.2 Å². The van der Waals surface area contributed by atoms with E-state index in [0.717, 1.165) is 17.6 Å². The Morgan fingerprint density at radius 2 is 2.29 bits per heavy atom. The first-order valence-electron chi connectivity index (χ1n) is 6.40. The third-order valence-corrected chi connectivity index (χ3v) is 4.08. The molecule has 0 radical (unpaired) electrons. The summed E-state index contributed by atoms with van der Waals surface area (Å²) in [5, 5.41) is 3.57. The van der Waals surface area contributed by atoms with Gasteiger partial charge in [-0.3, -0.25) is 0 Å². The van der Waals surface area contributed by atoms with E-state index in [1.54, 1.807) is 0 Å². The number of anilines is 1. The van der Waals surface area contributed by atoms with Crippen LogP contribution in [0.25, 0.3) is 0 Å². The zero-order valence-corrected chi connectivity index (χ0v) is 12.4. The molecule has 2 unspecified atom stereocenters. The zero-order chi connectivity index (χ0) is 12.4. The van der Waals surface area contributed by atoms with Crippen molar-refractivity contribution in [2.24, 2.45) is 0 Å². The molecule has 0 aromatic heterocycles. The first kappa shape index (κ1) is 12.9. The Morgan fingerprint density at radius 3 is 3.00 bits per heavy atom. The quantitative estimate of drug-likeness (QED) is 0.898. The molecule has 1 aliphatic rings. The summed E-state index contributed by atoms with van der Waals surface area (Å²) >= 11 is 3.56. The van der Waals surface area contributed by atoms with Gasteiger partial charge in [0.2, 0.25) is 0 Å². The standard InChI is InChI=1S/C14H21BrN2/c1-4-11(3)17-9-10(2)16-8-12-7-13(15)5-6-14(12)17/h5-7,10-11,16H,4,8-9H2,1-3H3. The minimum Gasteiger partial charge on any atom is -0.367 e. The predicted molar refractivity (Wildman–Crippen MR) is 77.5 cm³/mol. The summed E-state index contributed by atoms with van der Waals surface area (Å²) in [5.74, 6) is 0. The van der Waals surface area contributed by atoms with Crippen LogP contribution in [0.1, 0.15) is 32.8 Å². The molecular weight excluding hydrogens is 276 g/mol. The van der Waals surface area contributed by atoms with Gasteiger partial charge in [0.15, 0.2) is 0 Å². The fraction of sp³-hybridized carbons (Fsp3) is 0.571. The molecule has 0 aliphatic carbocycles. The molecule has 0 saturated carbocycles. The van der Waals surface area contributed by atoms with E-state index in [9.17, 15) is 0 Å². The Hall–Kier alpha value is -0.540. The third kappa shape index (κ3) is 2.83. The van der Waals surface area contributed by atoms with Crippen LogP contribution in [0, 0.1) is 0 Å². The first-order chi connectivity index (χ1) is 8.11. The molecule has 94 valence electrons. The van der Waals surface area contributed by atoms with Gasteiger partial charge in [0.1, 0.15) is 0 Å². The highest BCUT2D eigenvalue weighted by molar-refractivity contribution is 9.10. The second kappa shape index (κ2) is 5.40. The highest BCUT2D eigenvalue weighted by Crippen LogP contribution is 2.28. The maximum absolute atomic E-state index is 3.57. The largest absolute Gasteiger partial charge is 0.367 e. The number of nitrogens with one attached hydrogen (secondary N) is 1. The van der Waals surface area contributed by atoms with E-state index in [4.69, 9.17) is 0 Å². The molecule has 0 fully saturated rings. The monoisotopic (exact) mass is 296 g/mol. The summed E-state index contributed by atoms with van der Waals surface area (Å²) in [7, 11) is 0. The summed E-state index contributed by atoms with van der Waals surface area (Å²) in [6.07, 6.45) is 1.18. The van der Waals surface area contributed by atoms with Gasteiger partial charge >= 0.3 is 0 Å². The van der Waals surface area contributed by atoms with E-state index in [-0.39, 0.29) is 0 Å². The average Bonchev–Trinajstić information content (AvgIpc) is 2.48. The Kier molecular flexibility index (Phi) is 4.10. The van der Waals surface area contributed by atoms with Crippen molar-refractivity contribution in [1.29, 1.82) is 0 Å². The maximum atomic E-state index is 3.57. The van der Waals surface area contributed by atoms with E-state index in [1.165, 1.54) is 17.7 Å². The number of benzene rings is 1. The summed E-state index contributed by atoms with van der Waals surface area (Å²) < 4.78 is 1.16. The van der Waals surface area contributed by atoms with Gasteiger partial charge in [-0.05, 0) is 44.0 Å². The molecule has 1 aromatic rings. The number of halogens is 1. The van der Waals surface area contributed by atoms with Crippen LogP contribution in [-0.4, -0.2) is 18.6 Å². The molecule has 3 heteroatoms. The lowest BCUT2D eigenvalue weighted by molar-refractivity contribution is 0.521. The van der Waals surface area contributed by atoms with E-state index < -0.39 is 0 Å². The topological polar surface area (TPSA) is 15.3 Å². The van der Waals surface area contributed by atoms with Crippen LogP contribution in [0.5, 0.6) is 0 Å². The second-order valence-electron chi connectivity index (χ2n) is 4.96. The lowest BCUT2D eigenvalue weighted by Gasteiger charge is -2.32. The van der Waals surface area contributed by atoms with Crippen molar-refractivity contribution in [2.45, 2.75) is 45.8 Å². The summed E-state index contributed by atoms with van der Waals surface area (Å²) in [4.78, 5) is 2.53. The van der Waals surface area contributed by atoms with Crippen molar-refractivity contribution in [1.82, 2.24) is 5.32 Å². The molecule has 0 amide bonds. The van der Waals surface area contributed by atoms with Crippen LogP contribution in [-0.2, 0) is 6.54 Å². The first-order valence-corrected chi connectivity index (χ1v) is 7.19. The van der Waals surface area contributed by atoms with Gasteiger partial charge in [0, 0.05) is 35.3 Å². The summed E-state index contributed by atoms with van der Waals surface area (Å²) in [6, 6.07) is 7.75. The third-order valence-electron chi connectivity index (χ3n) is 3.59.